The number of morpholine rings is 1. The normalized spacial score (nSPS) is 22.0. The number of aliphatic imine (C=N–C) groups is 1. The molecule has 0 radical (unpaired) electrons. The molecular formula is C13H28N4O. The van der Waals surface area contributed by atoms with Crippen LogP contribution >= 0.6 is 0 Å². The Morgan fingerprint density at radius 2 is 2.28 bits per heavy atom. The summed E-state index contributed by atoms with van der Waals surface area (Å²) in [6.07, 6.45) is 0.246. The van der Waals surface area contributed by atoms with Gasteiger partial charge in [-0.1, -0.05) is 6.92 Å². The molecule has 1 heterocycles. The molecule has 5 nitrogen and oxygen atoms in total. The first-order valence-electron chi connectivity index (χ1n) is 6.95. The summed E-state index contributed by atoms with van der Waals surface area (Å²) in [6.45, 7) is 13.9. The Labute approximate surface area is 111 Å². The molecule has 106 valence electrons. The van der Waals surface area contributed by atoms with Gasteiger partial charge in [0.05, 0.1) is 19.3 Å². The molecule has 0 aliphatic carbocycles. The average Bonchev–Trinajstić information content (AvgIpc) is 2.34. The smallest absolute Gasteiger partial charge is 0.191 e. The molecule has 0 bridgehead atoms. The molecule has 5 heteroatoms. The van der Waals surface area contributed by atoms with E-state index in [2.05, 4.69) is 42.5 Å². The number of ether oxygens (including phenoxy) is 1. The van der Waals surface area contributed by atoms with Crippen LogP contribution in [0.5, 0.6) is 0 Å². The van der Waals surface area contributed by atoms with Crippen molar-refractivity contribution in [2.45, 2.75) is 39.8 Å². The van der Waals surface area contributed by atoms with Crippen LogP contribution < -0.4 is 5.73 Å². The van der Waals surface area contributed by atoms with E-state index in [0.29, 0.717) is 12.0 Å². The lowest BCUT2D eigenvalue weighted by Gasteiger charge is -2.32. The summed E-state index contributed by atoms with van der Waals surface area (Å²) < 4.78 is 5.49. The standard InChI is InChI=1S/C13H28N4O/c1-5-16(11(2)3)7-6-15-13(14)17-8-9-18-12(4)10-17/h11-12H,5-10H2,1-4H3,(H2,14,15). The summed E-state index contributed by atoms with van der Waals surface area (Å²) in [5.74, 6) is 0.657. The van der Waals surface area contributed by atoms with Crippen molar-refractivity contribution < 1.29 is 4.74 Å². The second kappa shape index (κ2) is 7.59. The lowest BCUT2D eigenvalue weighted by atomic mass is 10.3. The van der Waals surface area contributed by atoms with Gasteiger partial charge in [0.15, 0.2) is 5.96 Å². The summed E-state index contributed by atoms with van der Waals surface area (Å²) in [4.78, 5) is 8.97. The molecule has 0 aromatic rings. The van der Waals surface area contributed by atoms with E-state index in [4.69, 9.17) is 10.5 Å². The molecule has 0 aromatic carbocycles. The number of rotatable bonds is 5. The topological polar surface area (TPSA) is 54.1 Å². The number of nitrogens with two attached hydrogens (primary N) is 1. The summed E-state index contributed by atoms with van der Waals surface area (Å²) >= 11 is 0. The van der Waals surface area contributed by atoms with E-state index >= 15 is 0 Å². The maximum absolute atomic E-state index is 6.02. The first-order chi connectivity index (χ1) is 8.54. The maximum Gasteiger partial charge on any atom is 0.191 e. The summed E-state index contributed by atoms with van der Waals surface area (Å²) in [5.41, 5.74) is 6.02. The quantitative estimate of drug-likeness (QED) is 0.582. The second-order valence-electron chi connectivity index (χ2n) is 5.09. The minimum Gasteiger partial charge on any atom is -0.375 e. The lowest BCUT2D eigenvalue weighted by Crippen LogP contribution is -2.48. The Balaban J connectivity index is 2.36. The van der Waals surface area contributed by atoms with Crippen molar-refractivity contribution in [3.63, 3.8) is 0 Å². The molecular weight excluding hydrogens is 228 g/mol. The van der Waals surface area contributed by atoms with Gasteiger partial charge in [-0.05, 0) is 27.3 Å². The van der Waals surface area contributed by atoms with Gasteiger partial charge in [-0.15, -0.1) is 0 Å². The molecule has 0 aromatic heterocycles. The highest BCUT2D eigenvalue weighted by Crippen LogP contribution is 2.03. The third-order valence-corrected chi connectivity index (χ3v) is 3.36. The Bertz CT molecular complexity index is 268. The van der Waals surface area contributed by atoms with Gasteiger partial charge in [0, 0.05) is 25.7 Å². The van der Waals surface area contributed by atoms with E-state index in [1.165, 1.54) is 0 Å². The van der Waals surface area contributed by atoms with Crippen LogP contribution in [0.4, 0.5) is 0 Å². The minimum atomic E-state index is 0.246. The zero-order chi connectivity index (χ0) is 13.5. The number of guanidine groups is 1. The molecule has 0 amide bonds. The zero-order valence-corrected chi connectivity index (χ0v) is 12.2. The van der Waals surface area contributed by atoms with E-state index in [0.717, 1.165) is 39.3 Å². The van der Waals surface area contributed by atoms with E-state index in [9.17, 15) is 0 Å². The van der Waals surface area contributed by atoms with Gasteiger partial charge in [0.25, 0.3) is 0 Å². The van der Waals surface area contributed by atoms with Crippen LogP contribution in [0, 0.1) is 0 Å². The van der Waals surface area contributed by atoms with E-state index < -0.39 is 0 Å². The Morgan fingerprint density at radius 1 is 1.56 bits per heavy atom. The van der Waals surface area contributed by atoms with Crippen molar-refractivity contribution in [1.82, 2.24) is 9.80 Å². The number of hydrogen-bond acceptors (Lipinski definition) is 3. The Morgan fingerprint density at radius 3 is 2.83 bits per heavy atom. The number of hydrogen-bond donors (Lipinski definition) is 1. The molecule has 0 saturated carbocycles. The summed E-state index contributed by atoms with van der Waals surface area (Å²) in [6, 6.07) is 0.565. The monoisotopic (exact) mass is 256 g/mol. The highest BCUT2D eigenvalue weighted by Gasteiger charge is 2.17. The van der Waals surface area contributed by atoms with Gasteiger partial charge >= 0.3 is 0 Å². The van der Waals surface area contributed by atoms with Crippen molar-refractivity contribution in [2.75, 3.05) is 39.3 Å². The second-order valence-corrected chi connectivity index (χ2v) is 5.09. The lowest BCUT2D eigenvalue weighted by molar-refractivity contribution is 0.00528. The van der Waals surface area contributed by atoms with Crippen molar-refractivity contribution >= 4 is 5.96 Å². The van der Waals surface area contributed by atoms with Crippen LogP contribution in [0.2, 0.25) is 0 Å². The first-order valence-corrected chi connectivity index (χ1v) is 6.95. The molecule has 1 aliphatic heterocycles. The highest BCUT2D eigenvalue weighted by atomic mass is 16.5. The molecule has 0 spiro atoms. The molecule has 1 fully saturated rings. The molecule has 1 aliphatic rings. The van der Waals surface area contributed by atoms with Crippen molar-refractivity contribution in [1.29, 1.82) is 0 Å². The predicted octanol–water partition coefficient (Wildman–Crippen LogP) is 0.752. The first kappa shape index (κ1) is 15.2. The van der Waals surface area contributed by atoms with Crippen molar-refractivity contribution in [2.24, 2.45) is 10.7 Å². The van der Waals surface area contributed by atoms with Gasteiger partial charge in [0.2, 0.25) is 0 Å². The third kappa shape index (κ3) is 4.82. The fourth-order valence-corrected chi connectivity index (χ4v) is 2.20. The molecule has 1 rings (SSSR count). The molecule has 18 heavy (non-hydrogen) atoms. The van der Waals surface area contributed by atoms with Crippen LogP contribution in [0.25, 0.3) is 0 Å². The van der Waals surface area contributed by atoms with Gasteiger partial charge in [-0.25, -0.2) is 0 Å². The van der Waals surface area contributed by atoms with Gasteiger partial charge in [-0.3, -0.25) is 9.89 Å². The van der Waals surface area contributed by atoms with Crippen LogP contribution in [0.15, 0.2) is 4.99 Å². The molecule has 1 saturated heterocycles. The van der Waals surface area contributed by atoms with Crippen molar-refractivity contribution in [3.05, 3.63) is 0 Å². The Hall–Kier alpha value is -0.810. The average molecular weight is 256 g/mol. The SMILES string of the molecule is CCN(CCN=C(N)N1CCOC(C)C1)C(C)C. The highest BCUT2D eigenvalue weighted by molar-refractivity contribution is 5.78. The van der Waals surface area contributed by atoms with Gasteiger partial charge in [0.1, 0.15) is 0 Å². The zero-order valence-electron chi connectivity index (χ0n) is 12.2. The summed E-state index contributed by atoms with van der Waals surface area (Å²) in [7, 11) is 0. The van der Waals surface area contributed by atoms with Crippen LogP contribution in [0.3, 0.4) is 0 Å². The maximum atomic E-state index is 6.02. The number of nitrogens with zero attached hydrogens (tertiary/aromatic N) is 3. The van der Waals surface area contributed by atoms with Gasteiger partial charge in [-0.2, -0.15) is 0 Å². The van der Waals surface area contributed by atoms with Gasteiger partial charge < -0.3 is 15.4 Å². The van der Waals surface area contributed by atoms with Crippen LogP contribution in [0.1, 0.15) is 27.7 Å². The van der Waals surface area contributed by atoms with Crippen molar-refractivity contribution in [3.8, 4) is 0 Å². The van der Waals surface area contributed by atoms with E-state index in [1.807, 2.05) is 0 Å². The number of likely N-dealkylation sites (N-methyl/N-ethyl adjacent to an activating group) is 1. The molecule has 1 atom stereocenters. The molecule has 2 N–H and O–H groups in total. The Kier molecular flexibility index (Phi) is 6.43. The minimum absolute atomic E-state index is 0.246. The predicted molar refractivity (Wildman–Crippen MR) is 75.9 cm³/mol. The van der Waals surface area contributed by atoms with Crippen LogP contribution in [-0.4, -0.2) is 67.2 Å². The van der Waals surface area contributed by atoms with E-state index in [-0.39, 0.29) is 6.10 Å². The largest absolute Gasteiger partial charge is 0.375 e. The molecule has 1 unspecified atom stereocenters. The fourth-order valence-electron chi connectivity index (χ4n) is 2.20. The fraction of sp³-hybridized carbons (Fsp3) is 0.923. The van der Waals surface area contributed by atoms with Crippen LogP contribution in [-0.2, 0) is 4.74 Å². The third-order valence-electron chi connectivity index (χ3n) is 3.36. The van der Waals surface area contributed by atoms with E-state index in [1.54, 1.807) is 0 Å². The summed E-state index contributed by atoms with van der Waals surface area (Å²) in [5, 5.41) is 0.